The number of imide groups is 1. The Balaban J connectivity index is 1.65. The standard InChI is InChI=1S/C29H25NO4S/c1-4-10-22-16-20(17-25(33-6-3)27(22)34-15-5-2)18-26-28(31)30(29(32)35-26)19-23-13-9-12-21-11-7-8-14-24(21)23/h2,4,7-9,11-14,16-18H,1,6,10,15,19H2,3H3/b26-18+. The van der Waals surface area contributed by atoms with Gasteiger partial charge in [-0.2, -0.15) is 0 Å². The summed E-state index contributed by atoms with van der Waals surface area (Å²) in [6.45, 7) is 6.46. The Bertz CT molecular complexity index is 1360. The smallest absolute Gasteiger partial charge is 0.293 e. The van der Waals surface area contributed by atoms with Crippen LogP contribution < -0.4 is 9.47 Å². The molecular formula is C29H25NO4S. The Morgan fingerprint density at radius 1 is 1.09 bits per heavy atom. The average molecular weight is 484 g/mol. The molecule has 1 saturated heterocycles. The van der Waals surface area contributed by atoms with Crippen molar-refractivity contribution in [3.8, 4) is 23.8 Å². The Hall–Kier alpha value is -3.95. The number of hydrogen-bond acceptors (Lipinski definition) is 5. The zero-order chi connectivity index (χ0) is 24.8. The Kier molecular flexibility index (Phi) is 7.59. The van der Waals surface area contributed by atoms with Gasteiger partial charge < -0.3 is 9.47 Å². The van der Waals surface area contributed by atoms with Crippen LogP contribution in [-0.2, 0) is 17.8 Å². The largest absolute Gasteiger partial charge is 0.490 e. The molecule has 1 heterocycles. The third-order valence-corrected chi connectivity index (χ3v) is 6.41. The predicted molar refractivity (Wildman–Crippen MR) is 141 cm³/mol. The lowest BCUT2D eigenvalue weighted by molar-refractivity contribution is -0.123. The molecule has 35 heavy (non-hydrogen) atoms. The fourth-order valence-electron chi connectivity index (χ4n) is 4.00. The molecule has 1 aliphatic heterocycles. The molecule has 176 valence electrons. The molecule has 0 atom stereocenters. The molecule has 2 amide bonds. The van der Waals surface area contributed by atoms with E-state index in [9.17, 15) is 9.59 Å². The highest BCUT2D eigenvalue weighted by molar-refractivity contribution is 8.18. The fourth-order valence-corrected chi connectivity index (χ4v) is 4.84. The van der Waals surface area contributed by atoms with Crippen LogP contribution in [0, 0.1) is 12.3 Å². The topological polar surface area (TPSA) is 55.8 Å². The lowest BCUT2D eigenvalue weighted by Gasteiger charge is -2.16. The molecule has 4 rings (SSSR count). The number of benzene rings is 3. The van der Waals surface area contributed by atoms with E-state index in [-0.39, 0.29) is 24.3 Å². The van der Waals surface area contributed by atoms with Crippen molar-refractivity contribution in [2.24, 2.45) is 0 Å². The lowest BCUT2D eigenvalue weighted by Crippen LogP contribution is -2.27. The fraction of sp³-hybridized carbons (Fsp3) is 0.172. The minimum absolute atomic E-state index is 0.108. The third-order valence-electron chi connectivity index (χ3n) is 5.50. The second kappa shape index (κ2) is 11.0. The van der Waals surface area contributed by atoms with Crippen molar-refractivity contribution >= 4 is 39.8 Å². The summed E-state index contributed by atoms with van der Waals surface area (Å²) in [6.07, 6.45) is 9.38. The molecule has 0 aromatic heterocycles. The summed E-state index contributed by atoms with van der Waals surface area (Å²) in [6, 6.07) is 17.5. The second-order valence-electron chi connectivity index (χ2n) is 7.83. The molecule has 0 saturated carbocycles. The van der Waals surface area contributed by atoms with Gasteiger partial charge in [-0.15, -0.1) is 13.0 Å². The number of amides is 2. The molecule has 0 bridgehead atoms. The SMILES string of the molecule is C#CCOc1c(CC=C)cc(/C=C2/SC(=O)N(Cc3cccc4ccccc34)C2=O)cc1OCC. The van der Waals surface area contributed by atoms with Crippen LogP contribution in [0.3, 0.4) is 0 Å². The molecule has 1 fully saturated rings. The molecule has 0 unspecified atom stereocenters. The molecule has 0 aliphatic carbocycles. The number of carbonyl (C=O) groups excluding carboxylic acids is 2. The number of terminal acetylenes is 1. The van der Waals surface area contributed by atoms with Crippen molar-refractivity contribution in [1.29, 1.82) is 0 Å². The number of ether oxygens (including phenoxy) is 2. The molecule has 0 spiro atoms. The third kappa shape index (κ3) is 5.26. The van der Waals surface area contributed by atoms with Crippen molar-refractivity contribution in [2.75, 3.05) is 13.2 Å². The van der Waals surface area contributed by atoms with Crippen molar-refractivity contribution in [1.82, 2.24) is 4.90 Å². The van der Waals surface area contributed by atoms with E-state index in [1.807, 2.05) is 55.5 Å². The normalized spacial score (nSPS) is 14.4. The van der Waals surface area contributed by atoms with Crippen LogP contribution in [0.4, 0.5) is 4.79 Å². The Morgan fingerprint density at radius 2 is 1.89 bits per heavy atom. The van der Waals surface area contributed by atoms with Gasteiger partial charge in [0, 0.05) is 5.56 Å². The van der Waals surface area contributed by atoms with E-state index < -0.39 is 0 Å². The van der Waals surface area contributed by atoms with Gasteiger partial charge >= 0.3 is 0 Å². The van der Waals surface area contributed by atoms with Crippen molar-refractivity contribution in [3.63, 3.8) is 0 Å². The molecule has 6 heteroatoms. The molecule has 3 aromatic rings. The highest BCUT2D eigenvalue weighted by atomic mass is 32.2. The van der Waals surface area contributed by atoms with Gasteiger partial charge in [-0.25, -0.2) is 0 Å². The molecule has 0 radical (unpaired) electrons. The average Bonchev–Trinajstić information content (AvgIpc) is 3.11. The molecule has 5 nitrogen and oxygen atoms in total. The first-order valence-corrected chi connectivity index (χ1v) is 12.1. The van der Waals surface area contributed by atoms with Crippen molar-refractivity contribution in [2.45, 2.75) is 19.9 Å². The van der Waals surface area contributed by atoms with E-state index >= 15 is 0 Å². The number of hydrogen-bond donors (Lipinski definition) is 0. The summed E-state index contributed by atoms with van der Waals surface area (Å²) < 4.78 is 11.5. The maximum Gasteiger partial charge on any atom is 0.293 e. The van der Waals surface area contributed by atoms with Crippen LogP contribution in [0.5, 0.6) is 11.5 Å². The first-order valence-electron chi connectivity index (χ1n) is 11.2. The van der Waals surface area contributed by atoms with E-state index in [0.717, 1.165) is 39.2 Å². The van der Waals surface area contributed by atoms with Crippen LogP contribution in [-0.4, -0.2) is 29.3 Å². The first-order chi connectivity index (χ1) is 17.0. The van der Waals surface area contributed by atoms with Crippen LogP contribution in [0.25, 0.3) is 16.8 Å². The number of allylic oxidation sites excluding steroid dienone is 1. The second-order valence-corrected chi connectivity index (χ2v) is 8.83. The van der Waals surface area contributed by atoms with E-state index in [0.29, 0.717) is 29.4 Å². The Labute approximate surface area is 209 Å². The zero-order valence-corrected chi connectivity index (χ0v) is 20.3. The minimum Gasteiger partial charge on any atom is -0.490 e. The van der Waals surface area contributed by atoms with E-state index in [4.69, 9.17) is 15.9 Å². The van der Waals surface area contributed by atoms with Gasteiger partial charge in [0.25, 0.3) is 11.1 Å². The summed E-state index contributed by atoms with van der Waals surface area (Å²) in [5, 5.41) is 1.80. The number of rotatable bonds is 9. The number of thioether (sulfide) groups is 1. The maximum atomic E-state index is 13.2. The molecular weight excluding hydrogens is 458 g/mol. The van der Waals surface area contributed by atoms with Gasteiger partial charge in [-0.1, -0.05) is 54.5 Å². The molecule has 1 aliphatic rings. The molecule has 0 N–H and O–H groups in total. The number of nitrogens with zero attached hydrogens (tertiary/aromatic N) is 1. The summed E-state index contributed by atoms with van der Waals surface area (Å²) in [7, 11) is 0. The minimum atomic E-state index is -0.316. The van der Waals surface area contributed by atoms with Gasteiger partial charge in [-0.3, -0.25) is 14.5 Å². The van der Waals surface area contributed by atoms with Gasteiger partial charge in [0.05, 0.1) is 18.1 Å². The number of carbonyl (C=O) groups is 2. The maximum absolute atomic E-state index is 13.2. The molecule has 3 aromatic carbocycles. The summed E-state index contributed by atoms with van der Waals surface area (Å²) in [4.78, 5) is 27.6. The quantitative estimate of drug-likeness (QED) is 0.206. The number of fused-ring (bicyclic) bond motifs is 1. The van der Waals surface area contributed by atoms with Gasteiger partial charge in [0.2, 0.25) is 0 Å². The predicted octanol–water partition coefficient (Wildman–Crippen LogP) is 6.22. The zero-order valence-electron chi connectivity index (χ0n) is 19.5. The van der Waals surface area contributed by atoms with Crippen LogP contribution in [0.2, 0.25) is 0 Å². The highest BCUT2D eigenvalue weighted by Crippen LogP contribution is 2.38. The van der Waals surface area contributed by atoms with Crippen LogP contribution in [0.1, 0.15) is 23.6 Å². The van der Waals surface area contributed by atoms with Crippen molar-refractivity contribution in [3.05, 3.63) is 88.8 Å². The Morgan fingerprint density at radius 3 is 2.66 bits per heavy atom. The van der Waals surface area contributed by atoms with Crippen molar-refractivity contribution < 1.29 is 19.1 Å². The van der Waals surface area contributed by atoms with E-state index in [1.165, 1.54) is 4.90 Å². The monoisotopic (exact) mass is 483 g/mol. The van der Waals surface area contributed by atoms with Gasteiger partial charge in [-0.05, 0) is 65.2 Å². The van der Waals surface area contributed by atoms with Gasteiger partial charge in [0.1, 0.15) is 6.61 Å². The van der Waals surface area contributed by atoms with Crippen LogP contribution in [0.15, 0.2) is 72.2 Å². The first kappa shape index (κ1) is 24.2. The summed E-state index contributed by atoms with van der Waals surface area (Å²) >= 11 is 0.938. The highest BCUT2D eigenvalue weighted by Gasteiger charge is 2.35. The lowest BCUT2D eigenvalue weighted by atomic mass is 10.0. The van der Waals surface area contributed by atoms with E-state index in [1.54, 1.807) is 18.2 Å². The van der Waals surface area contributed by atoms with Gasteiger partial charge in [0.15, 0.2) is 11.5 Å². The summed E-state index contributed by atoms with van der Waals surface area (Å²) in [5.41, 5.74) is 2.49. The van der Waals surface area contributed by atoms with Crippen LogP contribution >= 0.6 is 11.8 Å². The van der Waals surface area contributed by atoms with E-state index in [2.05, 4.69) is 12.5 Å². The summed E-state index contributed by atoms with van der Waals surface area (Å²) in [5.74, 6) is 3.24.